The predicted molar refractivity (Wildman–Crippen MR) is 43.4 cm³/mol. The summed E-state index contributed by atoms with van der Waals surface area (Å²) in [6.45, 7) is 0.340. The van der Waals surface area contributed by atoms with Crippen LogP contribution >= 0.6 is 0 Å². The number of hydrogen-bond acceptors (Lipinski definition) is 0. The first-order chi connectivity index (χ1) is 6.46. The van der Waals surface area contributed by atoms with Crippen LogP contribution < -0.4 is 0 Å². The van der Waals surface area contributed by atoms with Gasteiger partial charge in [-0.15, -0.1) is 0 Å². The van der Waals surface area contributed by atoms with Gasteiger partial charge in [-0.1, -0.05) is 0 Å². The van der Waals surface area contributed by atoms with E-state index in [1.165, 1.54) is 21.0 Å². The van der Waals surface area contributed by atoms with E-state index >= 15 is 0 Å². The molecule has 0 unspecified atom stereocenters. The number of rotatable bonds is 5. The average molecular weight is 238 g/mol. The van der Waals surface area contributed by atoms with Crippen molar-refractivity contribution in [1.82, 2.24) is 0 Å². The van der Waals surface area contributed by atoms with Crippen LogP contribution in [0.2, 0.25) is 0 Å². The molecule has 0 aliphatic rings. The quantitative estimate of drug-likeness (QED) is 0.510. The molecule has 0 heterocycles. The second-order valence-electron chi connectivity index (χ2n) is 4.04. The largest absolute Gasteiger partial charge is 0.375 e. The summed E-state index contributed by atoms with van der Waals surface area (Å²) in [6, 6.07) is 0. The van der Waals surface area contributed by atoms with Gasteiger partial charge in [0, 0.05) is 0 Å². The van der Waals surface area contributed by atoms with Crippen molar-refractivity contribution in [2.45, 2.75) is 25.2 Å². The van der Waals surface area contributed by atoms with Crippen LogP contribution in [0.15, 0.2) is 0 Å². The van der Waals surface area contributed by atoms with Crippen LogP contribution in [-0.4, -0.2) is 49.9 Å². The van der Waals surface area contributed by atoms with Gasteiger partial charge in [0.2, 0.25) is 0 Å². The molecular formula is C8H14F6N+. The number of hydrogen-bond donors (Lipinski definition) is 0. The normalized spacial score (nSPS) is 14.8. The van der Waals surface area contributed by atoms with Crippen molar-refractivity contribution in [1.29, 1.82) is 0 Å². The molecular weight excluding hydrogens is 224 g/mol. The molecule has 92 valence electrons. The van der Waals surface area contributed by atoms with Gasteiger partial charge in [-0.3, -0.25) is 0 Å². The minimum atomic E-state index is -5.28. The SMILES string of the molecule is CC[N+](C)(C)CC(F)(F)C(F)(F)C(F)F. The monoisotopic (exact) mass is 238 g/mol. The van der Waals surface area contributed by atoms with Crippen LogP contribution in [0.3, 0.4) is 0 Å². The fourth-order valence-corrected chi connectivity index (χ4v) is 0.914. The standard InChI is InChI=1S/C8H14F6N/c1-4-15(2,3)5-7(11,12)8(13,14)6(9)10/h6H,4-5H2,1-3H3/q+1. The molecule has 0 atom stereocenters. The van der Waals surface area contributed by atoms with Gasteiger partial charge < -0.3 is 4.48 Å². The van der Waals surface area contributed by atoms with Crippen molar-refractivity contribution in [2.75, 3.05) is 27.2 Å². The Morgan fingerprint density at radius 3 is 1.73 bits per heavy atom. The van der Waals surface area contributed by atoms with Gasteiger partial charge in [0.05, 0.1) is 20.6 Å². The first-order valence-corrected chi connectivity index (χ1v) is 4.32. The maximum absolute atomic E-state index is 12.9. The maximum Gasteiger partial charge on any atom is 0.375 e. The van der Waals surface area contributed by atoms with Crippen LogP contribution in [0.25, 0.3) is 0 Å². The van der Waals surface area contributed by atoms with Crippen molar-refractivity contribution >= 4 is 0 Å². The van der Waals surface area contributed by atoms with E-state index in [2.05, 4.69) is 0 Å². The van der Waals surface area contributed by atoms with E-state index in [4.69, 9.17) is 0 Å². The third kappa shape index (κ3) is 3.25. The number of quaternary nitrogens is 1. The summed E-state index contributed by atoms with van der Waals surface area (Å²) in [4.78, 5) is 0. The predicted octanol–water partition coefficient (Wildman–Crippen LogP) is 2.62. The zero-order chi connectivity index (χ0) is 12.5. The van der Waals surface area contributed by atoms with Crippen molar-refractivity contribution in [3.05, 3.63) is 0 Å². The van der Waals surface area contributed by atoms with E-state index in [1.54, 1.807) is 0 Å². The van der Waals surface area contributed by atoms with Gasteiger partial charge >= 0.3 is 18.3 Å². The van der Waals surface area contributed by atoms with Gasteiger partial charge in [-0.05, 0) is 6.92 Å². The molecule has 0 amide bonds. The molecule has 7 heteroatoms. The third-order valence-electron chi connectivity index (χ3n) is 2.24. The Kier molecular flexibility index (Phi) is 4.06. The zero-order valence-corrected chi connectivity index (χ0v) is 8.71. The van der Waals surface area contributed by atoms with Gasteiger partial charge in [0.25, 0.3) is 0 Å². The van der Waals surface area contributed by atoms with Gasteiger partial charge in [-0.25, -0.2) is 8.78 Å². The second-order valence-corrected chi connectivity index (χ2v) is 4.04. The molecule has 0 fully saturated rings. The fourth-order valence-electron chi connectivity index (χ4n) is 0.914. The number of nitrogens with zero attached hydrogens (tertiary/aromatic N) is 1. The summed E-state index contributed by atoms with van der Waals surface area (Å²) >= 11 is 0. The van der Waals surface area contributed by atoms with E-state index in [9.17, 15) is 26.3 Å². The first-order valence-electron chi connectivity index (χ1n) is 4.32. The first kappa shape index (κ1) is 14.5. The molecule has 0 N–H and O–H groups in total. The van der Waals surface area contributed by atoms with Crippen LogP contribution in [-0.2, 0) is 0 Å². The second kappa shape index (κ2) is 4.19. The van der Waals surface area contributed by atoms with E-state index < -0.39 is 29.3 Å². The highest BCUT2D eigenvalue weighted by Gasteiger charge is 2.65. The van der Waals surface area contributed by atoms with Gasteiger partial charge in [0.1, 0.15) is 6.54 Å². The molecule has 0 saturated heterocycles. The Hall–Kier alpha value is -0.460. The summed E-state index contributed by atoms with van der Waals surface area (Å²) < 4.78 is 73.8. The molecule has 0 aliphatic heterocycles. The molecule has 0 saturated carbocycles. The van der Waals surface area contributed by atoms with Crippen LogP contribution in [0.4, 0.5) is 26.3 Å². The van der Waals surface area contributed by atoms with Crippen LogP contribution in [0.5, 0.6) is 0 Å². The fraction of sp³-hybridized carbons (Fsp3) is 1.00. The average Bonchev–Trinajstić information content (AvgIpc) is 2.02. The summed E-state index contributed by atoms with van der Waals surface area (Å²) in [5, 5.41) is 0. The maximum atomic E-state index is 12.9. The Morgan fingerprint density at radius 2 is 1.47 bits per heavy atom. The summed E-state index contributed by atoms with van der Waals surface area (Å²) in [7, 11) is 2.55. The summed E-state index contributed by atoms with van der Waals surface area (Å²) in [5.74, 6) is -9.99. The molecule has 0 aliphatic carbocycles. The number of halogens is 6. The van der Waals surface area contributed by atoms with Crippen LogP contribution in [0, 0.1) is 0 Å². The van der Waals surface area contributed by atoms with Crippen molar-refractivity contribution in [3.8, 4) is 0 Å². The molecule has 0 radical (unpaired) electrons. The Balaban J connectivity index is 4.83. The molecule has 0 aromatic rings. The summed E-state index contributed by atoms with van der Waals surface area (Å²) in [5.41, 5.74) is 0. The third-order valence-corrected chi connectivity index (χ3v) is 2.24. The Bertz CT molecular complexity index is 213. The molecule has 0 spiro atoms. The lowest BCUT2D eigenvalue weighted by molar-refractivity contribution is -0.897. The Labute approximate surface area is 84.3 Å². The van der Waals surface area contributed by atoms with Crippen molar-refractivity contribution in [2.24, 2.45) is 0 Å². The van der Waals surface area contributed by atoms with Crippen molar-refractivity contribution < 1.29 is 30.8 Å². The van der Waals surface area contributed by atoms with E-state index in [0.29, 0.717) is 0 Å². The Morgan fingerprint density at radius 1 is 1.07 bits per heavy atom. The summed E-state index contributed by atoms with van der Waals surface area (Å²) in [6.07, 6.45) is -4.36. The molecule has 0 rings (SSSR count). The molecule has 0 aromatic heterocycles. The minimum absolute atomic E-state index is 0.148. The molecule has 0 aromatic carbocycles. The highest BCUT2D eigenvalue weighted by atomic mass is 19.3. The highest BCUT2D eigenvalue weighted by Crippen LogP contribution is 2.40. The lowest BCUT2D eigenvalue weighted by atomic mass is 10.1. The van der Waals surface area contributed by atoms with Crippen molar-refractivity contribution in [3.63, 3.8) is 0 Å². The molecule has 15 heavy (non-hydrogen) atoms. The van der Waals surface area contributed by atoms with Gasteiger partial charge in [0.15, 0.2) is 0 Å². The highest BCUT2D eigenvalue weighted by molar-refractivity contribution is 4.86. The number of alkyl halides is 6. The minimum Gasteiger partial charge on any atom is -0.324 e. The van der Waals surface area contributed by atoms with Crippen LogP contribution in [0.1, 0.15) is 6.92 Å². The topological polar surface area (TPSA) is 0 Å². The smallest absolute Gasteiger partial charge is 0.324 e. The molecule has 0 bridgehead atoms. The van der Waals surface area contributed by atoms with Gasteiger partial charge in [-0.2, -0.15) is 17.6 Å². The van der Waals surface area contributed by atoms with E-state index in [1.807, 2.05) is 0 Å². The molecule has 1 nitrogen and oxygen atoms in total. The lowest BCUT2D eigenvalue weighted by Gasteiger charge is -2.34. The van der Waals surface area contributed by atoms with E-state index in [0.717, 1.165) is 0 Å². The van der Waals surface area contributed by atoms with E-state index in [-0.39, 0.29) is 6.54 Å². The lowest BCUT2D eigenvalue weighted by Crippen LogP contribution is -2.57. The zero-order valence-electron chi connectivity index (χ0n) is 8.71.